The molecule has 0 fully saturated rings. The molecule has 0 aliphatic heterocycles. The number of hydrogen-bond acceptors (Lipinski definition) is 5. The predicted molar refractivity (Wildman–Crippen MR) is 63.8 cm³/mol. The van der Waals surface area contributed by atoms with Gasteiger partial charge >= 0.3 is 69.5 Å². The fourth-order valence-electron chi connectivity index (χ4n) is 0.691. The SMILES string of the molecule is O.O=S(=O)(O)O.[NaH].[NaH].c1ncc2[nH]cnc2n1. The van der Waals surface area contributed by atoms with Crippen LogP contribution in [0, 0.1) is 0 Å². The molecule has 2 rings (SSSR count). The van der Waals surface area contributed by atoms with Crippen LogP contribution in [0.15, 0.2) is 18.9 Å². The summed E-state index contributed by atoms with van der Waals surface area (Å²) >= 11 is 0. The van der Waals surface area contributed by atoms with Crippen molar-refractivity contribution in [1.82, 2.24) is 19.9 Å². The van der Waals surface area contributed by atoms with Gasteiger partial charge < -0.3 is 10.5 Å². The summed E-state index contributed by atoms with van der Waals surface area (Å²) in [6.07, 6.45) is 4.76. The van der Waals surface area contributed by atoms with E-state index in [0.717, 1.165) is 5.52 Å². The molecule has 0 spiro atoms. The van der Waals surface area contributed by atoms with Crippen LogP contribution in [0.3, 0.4) is 0 Å². The molecule has 0 aliphatic rings. The number of rotatable bonds is 0. The molecule has 17 heavy (non-hydrogen) atoms. The van der Waals surface area contributed by atoms with Crippen molar-refractivity contribution >= 4 is 80.7 Å². The van der Waals surface area contributed by atoms with Gasteiger partial charge in [-0.3, -0.25) is 9.11 Å². The van der Waals surface area contributed by atoms with Gasteiger partial charge in [-0.15, -0.1) is 0 Å². The first-order valence-corrected chi connectivity index (χ1v) is 4.65. The summed E-state index contributed by atoms with van der Waals surface area (Å²) in [6, 6.07) is 0. The van der Waals surface area contributed by atoms with Crippen LogP contribution in [0.5, 0.6) is 0 Å². The van der Waals surface area contributed by atoms with Crippen molar-refractivity contribution in [3.8, 4) is 0 Å². The Morgan fingerprint density at radius 2 is 1.71 bits per heavy atom. The molecule has 2 heterocycles. The van der Waals surface area contributed by atoms with Crippen molar-refractivity contribution in [3.63, 3.8) is 0 Å². The van der Waals surface area contributed by atoms with E-state index in [9.17, 15) is 0 Å². The average Bonchev–Trinajstić information content (AvgIpc) is 2.47. The Kier molecular flexibility index (Phi) is 13.7. The molecule has 0 atom stereocenters. The van der Waals surface area contributed by atoms with E-state index in [-0.39, 0.29) is 64.6 Å². The Labute approximate surface area is 141 Å². The quantitative estimate of drug-likeness (QED) is 0.358. The molecule has 0 radical (unpaired) electrons. The van der Waals surface area contributed by atoms with Crippen LogP contribution in [-0.4, -0.2) is 102 Å². The average molecular weight is 284 g/mol. The van der Waals surface area contributed by atoms with Crippen LogP contribution in [0.4, 0.5) is 0 Å². The summed E-state index contributed by atoms with van der Waals surface area (Å²) in [5.74, 6) is 0. The van der Waals surface area contributed by atoms with Crippen molar-refractivity contribution in [3.05, 3.63) is 18.9 Å². The minimum absolute atomic E-state index is 0. The van der Waals surface area contributed by atoms with Gasteiger partial charge in [0.2, 0.25) is 0 Å². The van der Waals surface area contributed by atoms with Crippen molar-refractivity contribution in [2.45, 2.75) is 0 Å². The number of aromatic nitrogens is 4. The molecule has 0 saturated carbocycles. The molecule has 0 aliphatic carbocycles. The van der Waals surface area contributed by atoms with Crippen LogP contribution in [0.2, 0.25) is 0 Å². The maximum Gasteiger partial charge on any atom is 0.180 e. The third-order valence-electron chi connectivity index (χ3n) is 1.10. The van der Waals surface area contributed by atoms with E-state index < -0.39 is 10.4 Å². The van der Waals surface area contributed by atoms with Gasteiger partial charge in [0.25, 0.3) is 0 Å². The molecule has 0 unspecified atom stereocenters. The maximum atomic E-state index is 8.74. The Morgan fingerprint density at radius 3 is 2.18 bits per heavy atom. The van der Waals surface area contributed by atoms with Crippen molar-refractivity contribution < 1.29 is 23.0 Å². The third-order valence-corrected chi connectivity index (χ3v) is 1.10. The second-order valence-corrected chi connectivity index (χ2v) is 3.01. The molecule has 2 aromatic rings. The number of aromatic amines is 1. The van der Waals surface area contributed by atoms with Gasteiger partial charge in [-0.2, -0.15) is 8.42 Å². The van der Waals surface area contributed by atoms with Gasteiger partial charge in [0.1, 0.15) is 11.8 Å². The minimum Gasteiger partial charge on any atom is -0.342 e. The van der Waals surface area contributed by atoms with E-state index in [1.54, 1.807) is 12.5 Å². The van der Waals surface area contributed by atoms with E-state index in [0.29, 0.717) is 5.65 Å². The van der Waals surface area contributed by atoms with Gasteiger partial charge in [0.15, 0.2) is 5.65 Å². The van der Waals surface area contributed by atoms with Gasteiger partial charge in [0, 0.05) is 0 Å². The Balaban J connectivity index is -0.000000222. The Morgan fingerprint density at radius 1 is 1.18 bits per heavy atom. The summed E-state index contributed by atoms with van der Waals surface area (Å²) in [5, 5.41) is 0. The van der Waals surface area contributed by atoms with Gasteiger partial charge in [-0.1, -0.05) is 0 Å². The summed E-state index contributed by atoms with van der Waals surface area (Å²) in [6.45, 7) is 0. The normalized spacial score (nSPS) is 8.82. The van der Waals surface area contributed by atoms with Crippen LogP contribution in [-0.2, 0) is 10.4 Å². The summed E-state index contributed by atoms with van der Waals surface area (Å²) in [4.78, 5) is 14.5. The summed E-state index contributed by atoms with van der Waals surface area (Å²) in [5.41, 5.74) is 1.59. The second-order valence-electron chi connectivity index (χ2n) is 2.11. The third kappa shape index (κ3) is 11.2. The molecule has 12 heteroatoms. The first-order chi connectivity index (χ1) is 6.47. The monoisotopic (exact) mass is 284 g/mol. The topological polar surface area (TPSA) is 161 Å². The second kappa shape index (κ2) is 10.3. The fraction of sp³-hybridized carbons (Fsp3) is 0. The largest absolute Gasteiger partial charge is 0.342 e. The molecule has 5 N–H and O–H groups in total. The fourth-order valence-corrected chi connectivity index (χ4v) is 0.691. The standard InChI is InChI=1S/C5H4N4.2Na.H2O4S.H2O.2H/c1-4-5(8-2-6-1)9-3-7-4;;;1-5(2,3)4;;;/h1-3H,(H,6,7,8,9);;;(H2,1,2,3,4);1H2;;. The summed E-state index contributed by atoms with van der Waals surface area (Å²) < 4.78 is 31.6. The van der Waals surface area contributed by atoms with E-state index in [4.69, 9.17) is 17.5 Å². The molecular weight excluding hydrogens is 274 g/mol. The number of nitrogens with zero attached hydrogens (tertiary/aromatic N) is 3. The zero-order chi connectivity index (χ0) is 10.6. The molecule has 88 valence electrons. The van der Waals surface area contributed by atoms with Crippen LogP contribution in [0.25, 0.3) is 11.2 Å². The Hall–Kier alpha value is 0.380. The molecule has 2 aromatic heterocycles. The number of imidazole rings is 1. The summed E-state index contributed by atoms with van der Waals surface area (Å²) in [7, 11) is -4.67. The van der Waals surface area contributed by atoms with E-state index in [1.807, 2.05) is 0 Å². The zero-order valence-electron chi connectivity index (χ0n) is 7.19. The molecule has 0 aromatic carbocycles. The molecule has 9 nitrogen and oxygen atoms in total. The van der Waals surface area contributed by atoms with Crippen molar-refractivity contribution in [2.24, 2.45) is 0 Å². The van der Waals surface area contributed by atoms with Gasteiger partial charge in [0.05, 0.1) is 12.5 Å². The number of H-pyrrole nitrogens is 1. The van der Waals surface area contributed by atoms with Crippen LogP contribution < -0.4 is 0 Å². The number of fused-ring (bicyclic) bond motifs is 1. The van der Waals surface area contributed by atoms with Crippen molar-refractivity contribution in [2.75, 3.05) is 0 Å². The minimum atomic E-state index is -4.67. The zero-order valence-corrected chi connectivity index (χ0v) is 8.01. The van der Waals surface area contributed by atoms with E-state index in [1.165, 1.54) is 6.33 Å². The van der Waals surface area contributed by atoms with Crippen LogP contribution >= 0.6 is 0 Å². The molecule has 0 amide bonds. The molecule has 0 bridgehead atoms. The Bertz CT molecular complexity index is 480. The predicted octanol–water partition coefficient (Wildman–Crippen LogP) is -2.42. The first kappa shape index (κ1) is 22.6. The van der Waals surface area contributed by atoms with Crippen molar-refractivity contribution in [1.29, 1.82) is 0 Å². The first-order valence-electron chi connectivity index (χ1n) is 3.26. The van der Waals surface area contributed by atoms with E-state index >= 15 is 0 Å². The van der Waals surface area contributed by atoms with Gasteiger partial charge in [-0.25, -0.2) is 15.0 Å². The maximum absolute atomic E-state index is 8.74. The molecule has 0 saturated heterocycles. The number of nitrogens with one attached hydrogen (secondary N) is 1. The number of hydrogen-bond donors (Lipinski definition) is 3. The van der Waals surface area contributed by atoms with Gasteiger partial charge in [-0.05, 0) is 0 Å². The van der Waals surface area contributed by atoms with E-state index in [2.05, 4.69) is 19.9 Å². The molecular formula is C5H10N4Na2O5S. The smallest absolute Gasteiger partial charge is 0.180 e. The van der Waals surface area contributed by atoms with Crippen LogP contribution in [0.1, 0.15) is 0 Å².